The maximum atomic E-state index is 12.6. The van der Waals surface area contributed by atoms with Crippen LogP contribution >= 0.6 is 0 Å². The van der Waals surface area contributed by atoms with Crippen LogP contribution in [-0.4, -0.2) is 55.6 Å². The molecule has 1 unspecified atom stereocenters. The van der Waals surface area contributed by atoms with Crippen molar-refractivity contribution in [2.45, 2.75) is 32.4 Å². The highest BCUT2D eigenvalue weighted by atomic mass is 16.2. The van der Waals surface area contributed by atoms with Crippen LogP contribution in [0.25, 0.3) is 0 Å². The van der Waals surface area contributed by atoms with E-state index in [-0.39, 0.29) is 5.91 Å². The number of hydrogen-bond acceptors (Lipinski definition) is 5. The van der Waals surface area contributed by atoms with Crippen molar-refractivity contribution in [3.05, 3.63) is 29.3 Å². The number of amides is 1. The lowest BCUT2D eigenvalue weighted by Crippen LogP contribution is -2.36. The zero-order valence-electron chi connectivity index (χ0n) is 13.0. The van der Waals surface area contributed by atoms with Gasteiger partial charge in [0, 0.05) is 37.3 Å². The van der Waals surface area contributed by atoms with Gasteiger partial charge in [0.25, 0.3) is 5.91 Å². The fourth-order valence-electron chi connectivity index (χ4n) is 3.39. The summed E-state index contributed by atoms with van der Waals surface area (Å²) in [5, 5.41) is 18.6. The summed E-state index contributed by atoms with van der Waals surface area (Å²) >= 11 is 0. The van der Waals surface area contributed by atoms with Gasteiger partial charge in [0.1, 0.15) is 0 Å². The number of nitrogens with zero attached hydrogens (tertiary/aromatic N) is 5. The summed E-state index contributed by atoms with van der Waals surface area (Å²) in [6, 6.07) is 0. The highest BCUT2D eigenvalue weighted by Gasteiger charge is 2.25. The van der Waals surface area contributed by atoms with E-state index in [9.17, 15) is 4.79 Å². The number of rotatable bonds is 3. The standard InChI is InChI=1S/C15H21N7O/c23-15(21-5-3-13-12(9-21)7-17-18-13)14-10-22(20-19-14)8-11-2-1-4-16-6-11/h7,10-11,16H,1-6,8-9H2,(H,17,18). The lowest BCUT2D eigenvalue weighted by Gasteiger charge is -2.25. The Labute approximate surface area is 134 Å². The molecule has 2 aromatic rings. The third-order valence-electron chi connectivity index (χ3n) is 4.69. The summed E-state index contributed by atoms with van der Waals surface area (Å²) in [4.78, 5) is 14.4. The summed E-state index contributed by atoms with van der Waals surface area (Å²) in [6.45, 7) is 4.21. The molecule has 0 saturated carbocycles. The van der Waals surface area contributed by atoms with Gasteiger partial charge in [0.2, 0.25) is 0 Å². The first-order valence-corrected chi connectivity index (χ1v) is 8.21. The predicted octanol–water partition coefficient (Wildman–Crippen LogP) is 0.199. The van der Waals surface area contributed by atoms with Gasteiger partial charge in [-0.15, -0.1) is 5.10 Å². The topological polar surface area (TPSA) is 91.7 Å². The zero-order valence-corrected chi connectivity index (χ0v) is 13.0. The van der Waals surface area contributed by atoms with E-state index < -0.39 is 0 Å². The molecule has 8 heteroatoms. The van der Waals surface area contributed by atoms with Gasteiger partial charge >= 0.3 is 0 Å². The van der Waals surface area contributed by atoms with Gasteiger partial charge in [-0.1, -0.05) is 5.21 Å². The van der Waals surface area contributed by atoms with Crippen molar-refractivity contribution in [2.75, 3.05) is 19.6 Å². The second kappa shape index (κ2) is 6.11. The van der Waals surface area contributed by atoms with Gasteiger partial charge in [-0.3, -0.25) is 14.6 Å². The number of hydrogen-bond donors (Lipinski definition) is 2. The minimum absolute atomic E-state index is 0.0510. The number of piperidine rings is 1. The van der Waals surface area contributed by atoms with Crippen molar-refractivity contribution in [2.24, 2.45) is 5.92 Å². The number of aromatic amines is 1. The normalized spacial score (nSPS) is 21.2. The second-order valence-electron chi connectivity index (χ2n) is 6.39. The van der Waals surface area contributed by atoms with Crippen LogP contribution in [0.1, 0.15) is 34.6 Å². The number of carbonyl (C=O) groups is 1. The van der Waals surface area contributed by atoms with Gasteiger partial charge in [-0.2, -0.15) is 5.10 Å². The molecule has 2 aromatic heterocycles. The van der Waals surface area contributed by atoms with Crippen LogP contribution in [0.15, 0.2) is 12.4 Å². The molecular weight excluding hydrogens is 294 g/mol. The Morgan fingerprint density at radius 2 is 2.39 bits per heavy atom. The van der Waals surface area contributed by atoms with E-state index in [4.69, 9.17) is 0 Å². The minimum Gasteiger partial charge on any atom is -0.332 e. The van der Waals surface area contributed by atoms with Crippen LogP contribution in [0.3, 0.4) is 0 Å². The van der Waals surface area contributed by atoms with Gasteiger partial charge in [0.05, 0.1) is 12.4 Å². The summed E-state index contributed by atoms with van der Waals surface area (Å²) < 4.78 is 1.80. The lowest BCUT2D eigenvalue weighted by molar-refractivity contribution is 0.0728. The molecule has 0 aliphatic carbocycles. The number of aromatic nitrogens is 5. The Morgan fingerprint density at radius 1 is 1.43 bits per heavy atom. The van der Waals surface area contributed by atoms with E-state index in [0.717, 1.165) is 37.3 Å². The Balaban J connectivity index is 1.41. The van der Waals surface area contributed by atoms with Crippen molar-refractivity contribution in [3.8, 4) is 0 Å². The second-order valence-corrected chi connectivity index (χ2v) is 6.39. The highest BCUT2D eigenvalue weighted by Crippen LogP contribution is 2.18. The van der Waals surface area contributed by atoms with Crippen LogP contribution in [0.2, 0.25) is 0 Å². The van der Waals surface area contributed by atoms with E-state index in [2.05, 4.69) is 25.8 Å². The summed E-state index contributed by atoms with van der Waals surface area (Å²) in [5.41, 5.74) is 2.65. The van der Waals surface area contributed by atoms with E-state index in [1.807, 2.05) is 4.90 Å². The Bertz CT molecular complexity index is 686. The summed E-state index contributed by atoms with van der Waals surface area (Å²) in [5.74, 6) is 0.516. The van der Waals surface area contributed by atoms with Crippen molar-refractivity contribution >= 4 is 5.91 Å². The van der Waals surface area contributed by atoms with Crippen LogP contribution in [0, 0.1) is 5.92 Å². The van der Waals surface area contributed by atoms with Crippen LogP contribution in [0.5, 0.6) is 0 Å². The number of nitrogens with one attached hydrogen (secondary N) is 2. The maximum Gasteiger partial charge on any atom is 0.276 e. The third kappa shape index (κ3) is 2.98. The first kappa shape index (κ1) is 14.4. The molecule has 1 fully saturated rings. The quantitative estimate of drug-likeness (QED) is 0.844. The molecule has 4 rings (SSSR count). The fraction of sp³-hybridized carbons (Fsp3) is 0.600. The number of fused-ring (bicyclic) bond motifs is 1. The van der Waals surface area contributed by atoms with Crippen LogP contribution < -0.4 is 5.32 Å². The molecular formula is C15H21N7O. The lowest BCUT2D eigenvalue weighted by atomic mass is 10.00. The Kier molecular flexibility index (Phi) is 3.82. The number of H-pyrrole nitrogens is 1. The van der Waals surface area contributed by atoms with Gasteiger partial charge < -0.3 is 10.2 Å². The first-order valence-electron chi connectivity index (χ1n) is 8.21. The van der Waals surface area contributed by atoms with Crippen molar-refractivity contribution < 1.29 is 4.79 Å². The third-order valence-corrected chi connectivity index (χ3v) is 4.69. The van der Waals surface area contributed by atoms with Crippen LogP contribution in [0.4, 0.5) is 0 Å². The molecule has 8 nitrogen and oxygen atoms in total. The monoisotopic (exact) mass is 315 g/mol. The molecule has 2 N–H and O–H groups in total. The molecule has 4 heterocycles. The molecule has 0 spiro atoms. The Hall–Kier alpha value is -2.22. The van der Waals surface area contributed by atoms with Gasteiger partial charge in [-0.25, -0.2) is 0 Å². The molecule has 0 radical (unpaired) electrons. The molecule has 1 amide bonds. The highest BCUT2D eigenvalue weighted by molar-refractivity contribution is 5.92. The van der Waals surface area contributed by atoms with Crippen molar-refractivity contribution in [1.82, 2.24) is 35.4 Å². The predicted molar refractivity (Wildman–Crippen MR) is 82.6 cm³/mol. The van der Waals surface area contributed by atoms with Crippen LogP contribution in [-0.2, 0) is 19.5 Å². The zero-order chi connectivity index (χ0) is 15.6. The SMILES string of the molecule is O=C(c1cn(CC2CCCNC2)nn1)N1CCc2[nH]ncc2C1. The van der Waals surface area contributed by atoms with E-state index in [1.165, 1.54) is 12.8 Å². The van der Waals surface area contributed by atoms with E-state index in [1.54, 1.807) is 17.1 Å². The fourth-order valence-corrected chi connectivity index (χ4v) is 3.39. The minimum atomic E-state index is -0.0510. The average molecular weight is 315 g/mol. The maximum absolute atomic E-state index is 12.6. The molecule has 2 aliphatic heterocycles. The van der Waals surface area contributed by atoms with Crippen molar-refractivity contribution in [3.63, 3.8) is 0 Å². The molecule has 23 heavy (non-hydrogen) atoms. The first-order chi connectivity index (χ1) is 11.3. The summed E-state index contributed by atoms with van der Waals surface area (Å²) in [6.07, 6.45) is 6.78. The Morgan fingerprint density at radius 3 is 3.26 bits per heavy atom. The van der Waals surface area contributed by atoms with E-state index >= 15 is 0 Å². The molecule has 0 bridgehead atoms. The smallest absolute Gasteiger partial charge is 0.276 e. The van der Waals surface area contributed by atoms with Gasteiger partial charge in [0.15, 0.2) is 5.69 Å². The molecule has 0 aromatic carbocycles. The van der Waals surface area contributed by atoms with E-state index in [0.29, 0.717) is 24.7 Å². The van der Waals surface area contributed by atoms with Crippen molar-refractivity contribution in [1.29, 1.82) is 0 Å². The number of carbonyl (C=O) groups excluding carboxylic acids is 1. The van der Waals surface area contributed by atoms with Gasteiger partial charge in [-0.05, 0) is 31.8 Å². The molecule has 122 valence electrons. The molecule has 1 atom stereocenters. The summed E-state index contributed by atoms with van der Waals surface area (Å²) in [7, 11) is 0. The average Bonchev–Trinajstić information content (AvgIpc) is 3.23. The molecule has 1 saturated heterocycles. The largest absolute Gasteiger partial charge is 0.332 e. The molecule has 2 aliphatic rings.